The first-order valence-electron chi connectivity index (χ1n) is 7.28. The summed E-state index contributed by atoms with van der Waals surface area (Å²) in [7, 11) is 0. The first-order chi connectivity index (χ1) is 9.66. The molecule has 0 saturated carbocycles. The standard InChI is InChI=1S/C15H20N2O2S/c1-2-16-11-15(9-13(16)18)6-3-4-7-17(15)14(19)12-5-8-20-10-12/h5,8,10H,2-4,6-7,9,11H2,1H3/t15-/m0/s1. The second kappa shape index (κ2) is 5.20. The van der Waals surface area contributed by atoms with Crippen LogP contribution in [-0.2, 0) is 4.79 Å². The van der Waals surface area contributed by atoms with E-state index >= 15 is 0 Å². The third-order valence-corrected chi connectivity index (χ3v) is 5.24. The molecule has 2 fully saturated rings. The summed E-state index contributed by atoms with van der Waals surface area (Å²) in [6.45, 7) is 4.23. The number of rotatable bonds is 2. The summed E-state index contributed by atoms with van der Waals surface area (Å²) in [6, 6.07) is 1.88. The van der Waals surface area contributed by atoms with E-state index in [0.29, 0.717) is 13.0 Å². The molecule has 5 heteroatoms. The number of hydrogen-bond acceptors (Lipinski definition) is 3. The number of hydrogen-bond donors (Lipinski definition) is 0. The topological polar surface area (TPSA) is 40.6 Å². The minimum absolute atomic E-state index is 0.0942. The molecule has 2 aliphatic heterocycles. The highest BCUT2D eigenvalue weighted by molar-refractivity contribution is 7.08. The van der Waals surface area contributed by atoms with Crippen LogP contribution in [0.15, 0.2) is 16.8 Å². The van der Waals surface area contributed by atoms with Gasteiger partial charge in [0.25, 0.3) is 5.91 Å². The average molecular weight is 292 g/mol. The third-order valence-electron chi connectivity index (χ3n) is 4.56. The Hall–Kier alpha value is -1.36. The van der Waals surface area contributed by atoms with Gasteiger partial charge in [-0.3, -0.25) is 9.59 Å². The predicted molar refractivity (Wildman–Crippen MR) is 78.8 cm³/mol. The van der Waals surface area contributed by atoms with Gasteiger partial charge in [0.15, 0.2) is 0 Å². The molecule has 0 N–H and O–H groups in total. The minimum Gasteiger partial charge on any atom is -0.341 e. The molecule has 3 heterocycles. The van der Waals surface area contributed by atoms with Gasteiger partial charge in [-0.15, -0.1) is 0 Å². The second-order valence-electron chi connectivity index (χ2n) is 5.73. The molecule has 0 bridgehead atoms. The smallest absolute Gasteiger partial charge is 0.255 e. The van der Waals surface area contributed by atoms with Crippen molar-refractivity contribution in [3.8, 4) is 0 Å². The van der Waals surface area contributed by atoms with Crippen LogP contribution in [-0.4, -0.2) is 46.8 Å². The monoisotopic (exact) mass is 292 g/mol. The Morgan fingerprint density at radius 2 is 2.30 bits per heavy atom. The normalized spacial score (nSPS) is 26.6. The summed E-state index contributed by atoms with van der Waals surface area (Å²) in [5, 5.41) is 3.83. The van der Waals surface area contributed by atoms with Crippen molar-refractivity contribution in [3.63, 3.8) is 0 Å². The fourth-order valence-electron chi connectivity index (χ4n) is 3.48. The van der Waals surface area contributed by atoms with Crippen molar-refractivity contribution in [1.29, 1.82) is 0 Å². The largest absolute Gasteiger partial charge is 0.341 e. The van der Waals surface area contributed by atoms with Crippen molar-refractivity contribution in [2.45, 2.75) is 38.1 Å². The lowest BCUT2D eigenvalue weighted by atomic mass is 9.85. The van der Waals surface area contributed by atoms with E-state index in [-0.39, 0.29) is 17.4 Å². The van der Waals surface area contributed by atoms with E-state index in [0.717, 1.165) is 37.9 Å². The molecule has 0 radical (unpaired) electrons. The molecule has 1 atom stereocenters. The average Bonchev–Trinajstić information content (AvgIpc) is 3.07. The van der Waals surface area contributed by atoms with Gasteiger partial charge in [-0.1, -0.05) is 0 Å². The summed E-state index contributed by atoms with van der Waals surface area (Å²) in [5.74, 6) is 0.286. The second-order valence-corrected chi connectivity index (χ2v) is 6.51. The Bertz CT molecular complexity index is 514. The highest BCUT2D eigenvalue weighted by atomic mass is 32.1. The van der Waals surface area contributed by atoms with Crippen molar-refractivity contribution < 1.29 is 9.59 Å². The Kier molecular flexibility index (Phi) is 3.54. The molecule has 2 aliphatic rings. The number of thiophene rings is 1. The number of piperidine rings is 1. The predicted octanol–water partition coefficient (Wildman–Crippen LogP) is 2.37. The summed E-state index contributed by atoms with van der Waals surface area (Å²) in [4.78, 5) is 28.7. The van der Waals surface area contributed by atoms with Gasteiger partial charge in [-0.05, 0) is 37.6 Å². The van der Waals surface area contributed by atoms with E-state index in [1.807, 2.05) is 33.6 Å². The van der Waals surface area contributed by atoms with E-state index in [4.69, 9.17) is 0 Å². The Morgan fingerprint density at radius 3 is 2.95 bits per heavy atom. The maximum atomic E-state index is 12.7. The van der Waals surface area contributed by atoms with Crippen LogP contribution < -0.4 is 0 Å². The van der Waals surface area contributed by atoms with Crippen LogP contribution in [0.4, 0.5) is 0 Å². The van der Waals surface area contributed by atoms with Crippen LogP contribution in [0.2, 0.25) is 0 Å². The van der Waals surface area contributed by atoms with Crippen molar-refractivity contribution in [2.75, 3.05) is 19.6 Å². The van der Waals surface area contributed by atoms with Crippen molar-refractivity contribution in [3.05, 3.63) is 22.4 Å². The fourth-order valence-corrected chi connectivity index (χ4v) is 4.11. The van der Waals surface area contributed by atoms with Crippen molar-refractivity contribution in [2.24, 2.45) is 0 Å². The number of likely N-dealkylation sites (N-methyl/N-ethyl adjacent to an activating group) is 1. The summed E-state index contributed by atoms with van der Waals surface area (Å²) in [5.41, 5.74) is 0.503. The lowest BCUT2D eigenvalue weighted by Gasteiger charge is -2.44. The number of nitrogens with zero attached hydrogens (tertiary/aromatic N) is 2. The minimum atomic E-state index is -0.260. The summed E-state index contributed by atoms with van der Waals surface area (Å²) in [6.07, 6.45) is 3.60. The van der Waals surface area contributed by atoms with Crippen LogP contribution in [0.1, 0.15) is 43.0 Å². The maximum absolute atomic E-state index is 12.7. The number of carbonyl (C=O) groups is 2. The summed E-state index contributed by atoms with van der Waals surface area (Å²) >= 11 is 1.54. The first-order valence-corrected chi connectivity index (χ1v) is 8.22. The number of likely N-dealkylation sites (tertiary alicyclic amines) is 2. The molecule has 4 nitrogen and oxygen atoms in total. The molecule has 1 spiro atoms. The van der Waals surface area contributed by atoms with Gasteiger partial charge in [-0.25, -0.2) is 0 Å². The highest BCUT2D eigenvalue weighted by Crippen LogP contribution is 2.38. The number of carbonyl (C=O) groups excluding carboxylic acids is 2. The molecule has 3 rings (SSSR count). The van der Waals surface area contributed by atoms with Gasteiger partial charge in [0.2, 0.25) is 5.91 Å². The molecule has 0 unspecified atom stereocenters. The quantitative estimate of drug-likeness (QED) is 0.839. The Morgan fingerprint density at radius 1 is 1.45 bits per heavy atom. The zero-order valence-corrected chi connectivity index (χ0v) is 12.6. The van der Waals surface area contributed by atoms with Crippen molar-refractivity contribution >= 4 is 23.2 Å². The SMILES string of the molecule is CCN1C[C@]2(CCCCN2C(=O)c2ccsc2)CC1=O. The number of amides is 2. The van der Waals surface area contributed by atoms with E-state index in [1.165, 1.54) is 0 Å². The Balaban J connectivity index is 1.88. The van der Waals surface area contributed by atoms with Gasteiger partial charge in [-0.2, -0.15) is 11.3 Å². The van der Waals surface area contributed by atoms with Gasteiger partial charge in [0.05, 0.1) is 17.5 Å². The van der Waals surface area contributed by atoms with E-state index < -0.39 is 0 Å². The van der Waals surface area contributed by atoms with Crippen LogP contribution in [0.3, 0.4) is 0 Å². The molecule has 0 aliphatic carbocycles. The summed E-state index contributed by atoms with van der Waals surface area (Å²) < 4.78 is 0. The van der Waals surface area contributed by atoms with Crippen LogP contribution in [0.5, 0.6) is 0 Å². The molecule has 0 aromatic carbocycles. The lowest BCUT2D eigenvalue weighted by molar-refractivity contribution is -0.127. The molecule has 1 aromatic heterocycles. The van der Waals surface area contributed by atoms with Gasteiger partial charge < -0.3 is 9.80 Å². The fraction of sp³-hybridized carbons (Fsp3) is 0.600. The van der Waals surface area contributed by atoms with E-state index in [9.17, 15) is 9.59 Å². The van der Waals surface area contributed by atoms with Gasteiger partial charge >= 0.3 is 0 Å². The molecule has 20 heavy (non-hydrogen) atoms. The first kappa shape index (κ1) is 13.6. The van der Waals surface area contributed by atoms with Crippen molar-refractivity contribution in [1.82, 2.24) is 9.80 Å². The molecule has 108 valence electrons. The highest BCUT2D eigenvalue weighted by Gasteiger charge is 2.49. The van der Waals surface area contributed by atoms with Gasteiger partial charge in [0.1, 0.15) is 0 Å². The zero-order chi connectivity index (χ0) is 14.2. The molecule has 2 saturated heterocycles. The molecule has 1 aromatic rings. The zero-order valence-electron chi connectivity index (χ0n) is 11.8. The Labute approximate surface area is 123 Å². The van der Waals surface area contributed by atoms with Gasteiger partial charge in [0, 0.05) is 25.0 Å². The van der Waals surface area contributed by atoms with E-state index in [2.05, 4.69) is 0 Å². The third kappa shape index (κ3) is 2.14. The molecular formula is C15H20N2O2S. The molecular weight excluding hydrogens is 272 g/mol. The van der Waals surface area contributed by atoms with Crippen LogP contribution >= 0.6 is 11.3 Å². The lowest BCUT2D eigenvalue weighted by Crippen LogP contribution is -2.56. The van der Waals surface area contributed by atoms with Crippen LogP contribution in [0.25, 0.3) is 0 Å². The van der Waals surface area contributed by atoms with Crippen LogP contribution in [0, 0.1) is 0 Å². The molecule has 2 amide bonds. The maximum Gasteiger partial charge on any atom is 0.255 e. The van der Waals surface area contributed by atoms with E-state index in [1.54, 1.807) is 11.3 Å².